The highest BCUT2D eigenvalue weighted by molar-refractivity contribution is 7.13. The van der Waals surface area contributed by atoms with Gasteiger partial charge in [-0.25, -0.2) is 9.78 Å². The number of hydrogen-bond donors (Lipinski definition) is 0. The van der Waals surface area contributed by atoms with E-state index in [1.165, 1.54) is 27.6 Å². The number of carbonyl (C=O) groups is 1. The number of thiazole rings is 1. The molecule has 0 spiro atoms. The first-order valence-corrected chi connectivity index (χ1v) is 10.8. The predicted octanol–water partition coefficient (Wildman–Crippen LogP) is 5.63. The lowest BCUT2D eigenvalue weighted by Gasteiger charge is -2.29. The molecule has 0 saturated carbocycles. The Morgan fingerprint density at radius 2 is 2.03 bits per heavy atom. The zero-order valence-corrected chi connectivity index (χ0v) is 18.5. The van der Waals surface area contributed by atoms with Crippen molar-refractivity contribution < 1.29 is 9.53 Å². The second kappa shape index (κ2) is 7.34. The second-order valence-electron chi connectivity index (χ2n) is 8.55. The molecule has 152 valence electrons. The van der Waals surface area contributed by atoms with Gasteiger partial charge in [0.2, 0.25) is 0 Å². The lowest BCUT2D eigenvalue weighted by atomic mass is 9.96. The molecule has 0 radical (unpaired) electrons. The Kier molecular flexibility index (Phi) is 4.99. The quantitative estimate of drug-likeness (QED) is 0.551. The zero-order chi connectivity index (χ0) is 20.8. The van der Waals surface area contributed by atoms with Gasteiger partial charge in [-0.05, 0) is 45.8 Å². The van der Waals surface area contributed by atoms with Crippen LogP contribution < -0.4 is 0 Å². The molecule has 1 aliphatic heterocycles. The second-order valence-corrected chi connectivity index (χ2v) is 9.41. The van der Waals surface area contributed by atoms with Gasteiger partial charge in [0.05, 0.1) is 0 Å². The normalized spacial score (nSPS) is 14.9. The molecule has 3 aromatic rings. The molecule has 3 heterocycles. The van der Waals surface area contributed by atoms with E-state index < -0.39 is 5.60 Å². The molecule has 0 fully saturated rings. The monoisotopic (exact) mass is 409 g/mol. The van der Waals surface area contributed by atoms with Crippen molar-refractivity contribution in [3.05, 3.63) is 47.1 Å². The fraction of sp³-hybridized carbons (Fsp3) is 0.391. The van der Waals surface area contributed by atoms with Gasteiger partial charge < -0.3 is 14.2 Å². The van der Waals surface area contributed by atoms with Gasteiger partial charge >= 0.3 is 6.09 Å². The molecule has 0 atom stereocenters. The lowest BCUT2D eigenvalue weighted by Crippen LogP contribution is -2.39. The lowest BCUT2D eigenvalue weighted by molar-refractivity contribution is 0.0270. The number of amides is 1. The highest BCUT2D eigenvalue weighted by Crippen LogP contribution is 2.38. The van der Waals surface area contributed by atoms with Gasteiger partial charge in [-0.15, -0.1) is 11.3 Å². The van der Waals surface area contributed by atoms with E-state index in [2.05, 4.69) is 47.5 Å². The first-order chi connectivity index (χ1) is 13.7. The third-order valence-electron chi connectivity index (χ3n) is 5.07. The first-order valence-electron chi connectivity index (χ1n) is 9.91. The molecule has 0 N–H and O–H groups in total. The summed E-state index contributed by atoms with van der Waals surface area (Å²) in [5.74, 6) is 0. The van der Waals surface area contributed by atoms with E-state index in [-0.39, 0.29) is 6.09 Å². The molecule has 0 unspecified atom stereocenters. The maximum atomic E-state index is 12.4. The molecule has 6 heteroatoms. The highest BCUT2D eigenvalue weighted by Gasteiger charge is 2.25. The largest absolute Gasteiger partial charge is 0.444 e. The van der Waals surface area contributed by atoms with Gasteiger partial charge in [-0.1, -0.05) is 18.2 Å². The van der Waals surface area contributed by atoms with Crippen LogP contribution in [0.1, 0.15) is 38.4 Å². The molecule has 2 aromatic heterocycles. The van der Waals surface area contributed by atoms with Crippen molar-refractivity contribution in [2.24, 2.45) is 7.05 Å². The fourth-order valence-electron chi connectivity index (χ4n) is 3.75. The summed E-state index contributed by atoms with van der Waals surface area (Å²) < 4.78 is 7.69. The molecule has 1 aliphatic rings. The molecule has 0 aliphatic carbocycles. The summed E-state index contributed by atoms with van der Waals surface area (Å²) >= 11 is 1.68. The number of fused-ring (bicyclic) bond motifs is 1. The van der Waals surface area contributed by atoms with Crippen LogP contribution in [0.15, 0.2) is 35.9 Å². The minimum Gasteiger partial charge on any atom is -0.444 e. The number of aromatic nitrogens is 2. The fourth-order valence-corrected chi connectivity index (χ4v) is 4.58. The van der Waals surface area contributed by atoms with Crippen LogP contribution in [0.25, 0.3) is 27.0 Å². The van der Waals surface area contributed by atoms with Crippen molar-refractivity contribution >= 4 is 33.9 Å². The molecule has 1 amide bonds. The molecular formula is C23H27N3O2S. The van der Waals surface area contributed by atoms with Crippen LogP contribution in [-0.2, 0) is 11.8 Å². The first kappa shape index (κ1) is 19.7. The number of nitrogens with zero attached hydrogens (tertiary/aromatic N) is 3. The SMILES string of the molecule is Cc1csc(-c2cccc3c2c(C2=CCN(C(=O)OC(C)(C)C)CC2)cn3C)n1. The van der Waals surface area contributed by atoms with Crippen LogP contribution in [0.4, 0.5) is 4.79 Å². The van der Waals surface area contributed by atoms with Gasteiger partial charge in [-0.3, -0.25) is 0 Å². The van der Waals surface area contributed by atoms with E-state index in [1.54, 1.807) is 16.2 Å². The number of aryl methyl sites for hydroxylation is 2. The molecule has 4 rings (SSSR count). The molecular weight excluding hydrogens is 382 g/mol. The molecule has 5 nitrogen and oxygen atoms in total. The number of hydrogen-bond acceptors (Lipinski definition) is 4. The van der Waals surface area contributed by atoms with Gasteiger partial charge in [0.1, 0.15) is 10.6 Å². The zero-order valence-electron chi connectivity index (χ0n) is 17.7. The Morgan fingerprint density at radius 1 is 1.24 bits per heavy atom. The summed E-state index contributed by atoms with van der Waals surface area (Å²) in [5, 5.41) is 4.38. The number of benzene rings is 1. The summed E-state index contributed by atoms with van der Waals surface area (Å²) in [6, 6.07) is 6.40. The van der Waals surface area contributed by atoms with E-state index in [0.29, 0.717) is 13.1 Å². The van der Waals surface area contributed by atoms with Gasteiger partial charge in [0.15, 0.2) is 0 Å². The van der Waals surface area contributed by atoms with E-state index >= 15 is 0 Å². The van der Waals surface area contributed by atoms with Crippen molar-refractivity contribution in [3.8, 4) is 10.6 Å². The third-order valence-corrected chi connectivity index (χ3v) is 6.06. The summed E-state index contributed by atoms with van der Waals surface area (Å²) in [5.41, 5.74) is 5.44. The number of ether oxygens (including phenoxy) is 1. The van der Waals surface area contributed by atoms with Gasteiger partial charge in [0, 0.05) is 59.4 Å². The van der Waals surface area contributed by atoms with Gasteiger partial charge in [-0.2, -0.15) is 0 Å². The average Bonchev–Trinajstić information content (AvgIpc) is 3.24. The van der Waals surface area contributed by atoms with Crippen LogP contribution in [0.3, 0.4) is 0 Å². The van der Waals surface area contributed by atoms with Crippen LogP contribution in [-0.4, -0.2) is 39.2 Å². The molecule has 1 aromatic carbocycles. The molecule has 29 heavy (non-hydrogen) atoms. The summed E-state index contributed by atoms with van der Waals surface area (Å²) in [6.45, 7) is 8.95. The van der Waals surface area contributed by atoms with Crippen LogP contribution in [0.2, 0.25) is 0 Å². The van der Waals surface area contributed by atoms with E-state index in [9.17, 15) is 4.79 Å². The van der Waals surface area contributed by atoms with Crippen LogP contribution in [0, 0.1) is 6.92 Å². The standard InChI is InChI=1S/C23H27N3O2S/c1-15-14-29-21(24-15)17-7-6-8-19-20(17)18(13-25(19)5)16-9-11-26(12-10-16)22(27)28-23(2,3)4/h6-9,13-14H,10-12H2,1-5H3. The van der Waals surface area contributed by atoms with Crippen LogP contribution >= 0.6 is 11.3 Å². The van der Waals surface area contributed by atoms with Crippen molar-refractivity contribution in [1.82, 2.24) is 14.5 Å². The highest BCUT2D eigenvalue weighted by atomic mass is 32.1. The van der Waals surface area contributed by atoms with Crippen molar-refractivity contribution in [3.63, 3.8) is 0 Å². The van der Waals surface area contributed by atoms with E-state index in [1.807, 2.05) is 27.7 Å². The Morgan fingerprint density at radius 3 is 2.66 bits per heavy atom. The Bertz CT molecular complexity index is 1100. The molecule has 0 saturated heterocycles. The van der Waals surface area contributed by atoms with Gasteiger partial charge in [0.25, 0.3) is 0 Å². The predicted molar refractivity (Wildman–Crippen MR) is 119 cm³/mol. The summed E-state index contributed by atoms with van der Waals surface area (Å²) in [7, 11) is 2.08. The Hall–Kier alpha value is -2.60. The minimum atomic E-state index is -0.475. The topological polar surface area (TPSA) is 47.4 Å². The Balaban J connectivity index is 1.69. The minimum absolute atomic E-state index is 0.246. The molecule has 0 bridgehead atoms. The average molecular weight is 410 g/mol. The smallest absolute Gasteiger partial charge is 0.410 e. The summed E-state index contributed by atoms with van der Waals surface area (Å²) in [6.07, 6.45) is 4.92. The van der Waals surface area contributed by atoms with Crippen molar-refractivity contribution in [2.75, 3.05) is 13.1 Å². The third kappa shape index (κ3) is 3.94. The van der Waals surface area contributed by atoms with E-state index in [0.717, 1.165) is 17.1 Å². The van der Waals surface area contributed by atoms with Crippen LogP contribution in [0.5, 0.6) is 0 Å². The maximum Gasteiger partial charge on any atom is 0.410 e. The summed E-state index contributed by atoms with van der Waals surface area (Å²) in [4.78, 5) is 18.9. The van der Waals surface area contributed by atoms with Crippen molar-refractivity contribution in [1.29, 1.82) is 0 Å². The number of rotatable bonds is 2. The maximum absolute atomic E-state index is 12.4. The van der Waals surface area contributed by atoms with Crippen molar-refractivity contribution in [2.45, 2.75) is 39.7 Å². The number of carbonyl (C=O) groups excluding carboxylic acids is 1. The Labute approximate surface area is 175 Å². The van der Waals surface area contributed by atoms with E-state index in [4.69, 9.17) is 9.72 Å².